The summed E-state index contributed by atoms with van der Waals surface area (Å²) in [6.07, 6.45) is 8.24. The number of rotatable bonds is 4. The maximum Gasteiger partial charge on any atom is 0.263 e. The second kappa shape index (κ2) is 9.72. The van der Waals surface area contributed by atoms with Crippen molar-refractivity contribution in [3.8, 4) is 0 Å². The lowest BCUT2D eigenvalue weighted by Gasteiger charge is -2.38. The van der Waals surface area contributed by atoms with Crippen LogP contribution < -0.4 is 15.1 Å². The number of amidine groups is 1. The highest BCUT2D eigenvalue weighted by molar-refractivity contribution is 7.17. The summed E-state index contributed by atoms with van der Waals surface area (Å²) in [7, 11) is 0. The van der Waals surface area contributed by atoms with Gasteiger partial charge in [0, 0.05) is 36.7 Å². The number of hydrogen-bond donors (Lipinski definition) is 1. The molecule has 4 aliphatic rings. The van der Waals surface area contributed by atoms with Crippen LogP contribution in [0.25, 0.3) is 5.57 Å². The van der Waals surface area contributed by atoms with Gasteiger partial charge in [-0.3, -0.25) is 19.5 Å². The van der Waals surface area contributed by atoms with Gasteiger partial charge in [0.1, 0.15) is 16.5 Å². The highest BCUT2D eigenvalue weighted by atomic mass is 32.1. The summed E-state index contributed by atoms with van der Waals surface area (Å²) in [5, 5.41) is 7.58. The van der Waals surface area contributed by atoms with Crippen molar-refractivity contribution in [2.45, 2.75) is 57.7 Å². The molecular formula is C29H26F2N6O3S. The van der Waals surface area contributed by atoms with Crippen LogP contribution in [0.3, 0.4) is 0 Å². The van der Waals surface area contributed by atoms with E-state index in [1.54, 1.807) is 0 Å². The van der Waals surface area contributed by atoms with E-state index in [1.807, 2.05) is 24.8 Å². The highest BCUT2D eigenvalue weighted by Crippen LogP contribution is 2.40. The molecule has 2 amide bonds. The molecule has 3 atom stereocenters. The maximum atomic E-state index is 14.3. The number of halogens is 2. The molecule has 1 fully saturated rings. The number of benzene rings is 1. The normalized spacial score (nSPS) is 23.8. The van der Waals surface area contributed by atoms with E-state index in [0.717, 1.165) is 34.7 Å². The van der Waals surface area contributed by atoms with Gasteiger partial charge in [0.2, 0.25) is 5.91 Å². The average Bonchev–Trinajstić information content (AvgIpc) is 3.64. The number of fused-ring (bicyclic) bond motifs is 2. The first-order valence-electron chi connectivity index (χ1n) is 13.6. The van der Waals surface area contributed by atoms with E-state index in [4.69, 9.17) is 14.5 Å². The number of nitrogens with zero attached hydrogens (tertiary/aromatic N) is 5. The van der Waals surface area contributed by atoms with Crippen LogP contribution in [0.4, 0.5) is 19.6 Å². The predicted octanol–water partition coefficient (Wildman–Crippen LogP) is 4.51. The van der Waals surface area contributed by atoms with Gasteiger partial charge in [0.25, 0.3) is 5.91 Å². The van der Waals surface area contributed by atoms with Gasteiger partial charge in [0.15, 0.2) is 16.8 Å². The summed E-state index contributed by atoms with van der Waals surface area (Å²) < 4.78 is 33.6. The van der Waals surface area contributed by atoms with Gasteiger partial charge in [0.05, 0.1) is 29.5 Å². The number of anilines is 2. The monoisotopic (exact) mass is 576 g/mol. The van der Waals surface area contributed by atoms with Crippen LogP contribution in [0.2, 0.25) is 0 Å². The molecule has 1 aromatic carbocycles. The van der Waals surface area contributed by atoms with Crippen LogP contribution in [0.15, 0.2) is 45.9 Å². The Bertz CT molecular complexity index is 1670. The van der Waals surface area contributed by atoms with Gasteiger partial charge in [-0.25, -0.2) is 13.8 Å². The van der Waals surface area contributed by atoms with Crippen molar-refractivity contribution in [2.24, 2.45) is 4.99 Å². The Labute approximate surface area is 238 Å². The second-order valence-corrected chi connectivity index (χ2v) is 11.5. The number of hydrogen-bond acceptors (Lipinski definition) is 8. The van der Waals surface area contributed by atoms with Crippen molar-refractivity contribution >= 4 is 45.4 Å². The molecule has 1 saturated heterocycles. The standard InChI is InChI=1S/C29H26F2N6O3S/c1-14-25(15(2)40-35-14)16-6-9-22-21(12-16)33-27(37(22)29-34-20-10-11-32-28(39)26(20)41-29)23-4-3-5-24(38)36(23)17-7-8-18(30)19(31)13-17/h6-9,12-13,21-23H,3-5,10-11H2,1-2H3,(H,32,39)/t21?,22?,23-/m0/s1. The Morgan fingerprint density at radius 1 is 1.12 bits per heavy atom. The Morgan fingerprint density at radius 2 is 1.98 bits per heavy atom. The molecule has 0 radical (unpaired) electrons. The summed E-state index contributed by atoms with van der Waals surface area (Å²) in [5.41, 5.74) is 3.63. The van der Waals surface area contributed by atoms with E-state index in [0.29, 0.717) is 47.4 Å². The lowest BCUT2D eigenvalue weighted by Crippen LogP contribution is -2.54. The van der Waals surface area contributed by atoms with Crippen molar-refractivity contribution in [1.82, 2.24) is 15.5 Å². The number of thiazole rings is 1. The number of amides is 2. The van der Waals surface area contributed by atoms with Crippen LogP contribution in [0.1, 0.15) is 51.6 Å². The van der Waals surface area contributed by atoms with Gasteiger partial charge in [-0.2, -0.15) is 0 Å². The molecule has 1 N–H and O–H groups in total. The zero-order valence-corrected chi connectivity index (χ0v) is 23.2. The number of allylic oxidation sites excluding steroid dienone is 2. The summed E-state index contributed by atoms with van der Waals surface area (Å²) in [6.45, 7) is 4.28. The molecule has 2 aromatic heterocycles. The summed E-state index contributed by atoms with van der Waals surface area (Å²) in [5.74, 6) is -1.03. The van der Waals surface area contributed by atoms with Crippen LogP contribution in [-0.2, 0) is 11.2 Å². The molecule has 0 spiro atoms. The van der Waals surface area contributed by atoms with Crippen molar-refractivity contribution < 1.29 is 22.9 Å². The number of piperidine rings is 1. The Morgan fingerprint density at radius 3 is 2.73 bits per heavy atom. The minimum absolute atomic E-state index is 0.153. The molecule has 41 heavy (non-hydrogen) atoms. The quantitative estimate of drug-likeness (QED) is 0.491. The summed E-state index contributed by atoms with van der Waals surface area (Å²) in [6, 6.07) is 2.40. The Balaban J connectivity index is 1.35. The molecular weight excluding hydrogens is 550 g/mol. The zero-order chi connectivity index (χ0) is 28.4. The van der Waals surface area contributed by atoms with E-state index < -0.39 is 17.7 Å². The van der Waals surface area contributed by atoms with Crippen molar-refractivity contribution in [3.05, 3.63) is 75.7 Å². The first-order chi connectivity index (χ1) is 19.8. The number of aryl methyl sites for hydroxylation is 2. The van der Waals surface area contributed by atoms with Gasteiger partial charge < -0.3 is 14.7 Å². The molecule has 2 unspecified atom stereocenters. The van der Waals surface area contributed by atoms with Crippen molar-refractivity contribution in [1.29, 1.82) is 0 Å². The summed E-state index contributed by atoms with van der Waals surface area (Å²) >= 11 is 1.30. The average molecular weight is 577 g/mol. The fourth-order valence-electron chi connectivity index (χ4n) is 6.15. The topological polar surface area (TPSA) is 104 Å². The smallest absolute Gasteiger partial charge is 0.263 e. The molecule has 3 aromatic rings. The molecule has 210 valence electrons. The van der Waals surface area contributed by atoms with Gasteiger partial charge in [-0.15, -0.1) is 0 Å². The third-order valence-electron chi connectivity index (χ3n) is 8.00. The van der Waals surface area contributed by atoms with Gasteiger partial charge in [-0.05, 0) is 50.5 Å². The highest BCUT2D eigenvalue weighted by Gasteiger charge is 2.45. The number of nitrogens with one attached hydrogen (secondary N) is 1. The SMILES string of the molecule is Cc1noc(C)c1C1=CC2N=C([C@@H]3CCCC(=O)N3c3ccc(F)c(F)c3)N(c3nc4c(s3)C(=O)NCC4)C2C=C1. The van der Waals surface area contributed by atoms with Crippen LogP contribution in [-0.4, -0.2) is 52.5 Å². The predicted molar refractivity (Wildman–Crippen MR) is 150 cm³/mol. The maximum absolute atomic E-state index is 14.3. The Hall–Kier alpha value is -4.19. The van der Waals surface area contributed by atoms with Gasteiger partial charge in [-0.1, -0.05) is 28.6 Å². The third kappa shape index (κ3) is 4.19. The van der Waals surface area contributed by atoms with Crippen LogP contribution >= 0.6 is 11.3 Å². The summed E-state index contributed by atoms with van der Waals surface area (Å²) in [4.78, 5) is 40.1. The van der Waals surface area contributed by atoms with E-state index >= 15 is 0 Å². The van der Waals surface area contributed by atoms with E-state index in [2.05, 4.69) is 22.6 Å². The first kappa shape index (κ1) is 25.8. The molecule has 0 bridgehead atoms. The zero-order valence-electron chi connectivity index (χ0n) is 22.4. The van der Waals surface area contributed by atoms with E-state index in [-0.39, 0.29) is 36.0 Å². The minimum atomic E-state index is -1.02. The number of aromatic nitrogens is 2. The largest absolute Gasteiger partial charge is 0.361 e. The molecule has 0 saturated carbocycles. The number of carbonyl (C=O) groups is 2. The van der Waals surface area contributed by atoms with Gasteiger partial charge >= 0.3 is 0 Å². The van der Waals surface area contributed by atoms with Crippen molar-refractivity contribution in [3.63, 3.8) is 0 Å². The molecule has 12 heteroatoms. The van der Waals surface area contributed by atoms with E-state index in [1.165, 1.54) is 22.3 Å². The molecule has 3 aliphatic heterocycles. The molecule has 9 nitrogen and oxygen atoms in total. The third-order valence-corrected chi connectivity index (χ3v) is 9.09. The van der Waals surface area contributed by atoms with E-state index in [9.17, 15) is 18.4 Å². The minimum Gasteiger partial charge on any atom is -0.361 e. The number of carbonyl (C=O) groups excluding carboxylic acids is 2. The second-order valence-electron chi connectivity index (χ2n) is 10.6. The Kier molecular flexibility index (Phi) is 6.11. The fraction of sp³-hybridized carbons (Fsp3) is 0.345. The number of aliphatic imine (C=N–C) groups is 1. The molecule has 1 aliphatic carbocycles. The lowest BCUT2D eigenvalue weighted by atomic mass is 9.93. The van der Waals surface area contributed by atoms with Crippen molar-refractivity contribution in [2.75, 3.05) is 16.3 Å². The lowest BCUT2D eigenvalue weighted by molar-refractivity contribution is -0.119. The van der Waals surface area contributed by atoms with Crippen LogP contribution in [0.5, 0.6) is 0 Å². The molecule has 5 heterocycles. The first-order valence-corrected chi connectivity index (χ1v) is 14.4. The fourth-order valence-corrected chi connectivity index (χ4v) is 7.23. The molecule has 7 rings (SSSR count). The van der Waals surface area contributed by atoms with Crippen LogP contribution in [0, 0.1) is 25.5 Å².